The highest BCUT2D eigenvalue weighted by Gasteiger charge is 2.52. The Hall–Kier alpha value is -4.02. The third-order valence-electron chi connectivity index (χ3n) is 7.72. The minimum atomic E-state index is -4.09. The number of halogens is 1. The van der Waals surface area contributed by atoms with Crippen LogP contribution in [0.2, 0.25) is 5.02 Å². The molecule has 218 valence electrons. The van der Waals surface area contributed by atoms with Gasteiger partial charge in [-0.15, -0.1) is 0 Å². The van der Waals surface area contributed by atoms with E-state index < -0.39 is 52.0 Å². The number of hydrazine groups is 1. The molecular weight excluding hydrogens is 580 g/mol. The van der Waals surface area contributed by atoms with Crippen LogP contribution in [0.3, 0.4) is 0 Å². The van der Waals surface area contributed by atoms with Gasteiger partial charge >= 0.3 is 10.1 Å². The Morgan fingerprint density at radius 3 is 2.12 bits per heavy atom. The van der Waals surface area contributed by atoms with Crippen molar-refractivity contribution >= 4 is 45.2 Å². The van der Waals surface area contributed by atoms with Crippen molar-refractivity contribution in [2.75, 3.05) is 6.54 Å². The van der Waals surface area contributed by atoms with Gasteiger partial charge in [0.15, 0.2) is 5.78 Å². The van der Waals surface area contributed by atoms with Crippen LogP contribution in [-0.4, -0.2) is 48.5 Å². The van der Waals surface area contributed by atoms with Crippen molar-refractivity contribution in [1.29, 1.82) is 0 Å². The summed E-state index contributed by atoms with van der Waals surface area (Å²) in [5.41, 5.74) is 1.18. The van der Waals surface area contributed by atoms with Gasteiger partial charge < -0.3 is 4.18 Å². The van der Waals surface area contributed by atoms with E-state index in [1.807, 2.05) is 13.8 Å². The fourth-order valence-corrected chi connectivity index (χ4v) is 6.44. The number of hydrogen-bond acceptors (Lipinski definition) is 7. The van der Waals surface area contributed by atoms with E-state index in [0.29, 0.717) is 17.9 Å². The van der Waals surface area contributed by atoms with Crippen LogP contribution in [0.5, 0.6) is 5.75 Å². The lowest BCUT2D eigenvalue weighted by atomic mass is 9.76. The van der Waals surface area contributed by atoms with Crippen molar-refractivity contribution in [1.82, 2.24) is 10.0 Å². The molecule has 1 saturated carbocycles. The van der Waals surface area contributed by atoms with Gasteiger partial charge in [-0.05, 0) is 92.8 Å². The van der Waals surface area contributed by atoms with Gasteiger partial charge in [0.05, 0.1) is 11.8 Å². The average molecular weight is 609 g/mol. The molecule has 2 fully saturated rings. The normalized spacial score (nSPS) is 20.3. The highest BCUT2D eigenvalue weighted by molar-refractivity contribution is 7.87. The zero-order valence-electron chi connectivity index (χ0n) is 23.0. The molecule has 0 aromatic heterocycles. The molecule has 1 saturated heterocycles. The molecule has 5 rings (SSSR count). The second-order valence-corrected chi connectivity index (χ2v) is 12.8. The molecule has 9 nitrogen and oxygen atoms in total. The third kappa shape index (κ3) is 5.96. The number of Topliss-reactive ketones (excluding diaryl/α,β-unsaturated/α-hetero) is 1. The number of rotatable bonds is 8. The van der Waals surface area contributed by atoms with Crippen molar-refractivity contribution in [3.63, 3.8) is 0 Å². The Morgan fingerprint density at radius 2 is 1.48 bits per heavy atom. The molecule has 42 heavy (non-hydrogen) atoms. The maximum Gasteiger partial charge on any atom is 0.339 e. The molecule has 1 aliphatic carbocycles. The lowest BCUT2D eigenvalue weighted by molar-refractivity contribution is -0.154. The summed E-state index contributed by atoms with van der Waals surface area (Å²) >= 11 is 5.98. The Bertz CT molecular complexity index is 1640. The van der Waals surface area contributed by atoms with Crippen molar-refractivity contribution in [2.24, 2.45) is 17.8 Å². The number of hydrogen-bond donors (Lipinski definition) is 0. The minimum absolute atomic E-state index is 0.00989. The Balaban J connectivity index is 1.38. The van der Waals surface area contributed by atoms with E-state index in [1.165, 1.54) is 60.7 Å². The number of fused-ring (bicyclic) bond motifs is 1. The summed E-state index contributed by atoms with van der Waals surface area (Å²) in [4.78, 5) is 53.9. The summed E-state index contributed by atoms with van der Waals surface area (Å²) in [6.07, 6.45) is 1.87. The molecule has 0 radical (unpaired) electrons. The van der Waals surface area contributed by atoms with Gasteiger partial charge in [-0.2, -0.15) is 13.4 Å². The highest BCUT2D eigenvalue weighted by Crippen LogP contribution is 2.41. The molecule has 0 spiro atoms. The first-order chi connectivity index (χ1) is 19.9. The van der Waals surface area contributed by atoms with E-state index in [2.05, 4.69) is 0 Å². The fourth-order valence-electron chi connectivity index (χ4n) is 5.39. The molecule has 3 atom stereocenters. The van der Waals surface area contributed by atoms with Gasteiger partial charge in [0.1, 0.15) is 17.2 Å². The average Bonchev–Trinajstić information content (AvgIpc) is 3.20. The summed E-state index contributed by atoms with van der Waals surface area (Å²) in [6.45, 7) is 3.27. The standard InChI is InChI=1S/C31H29ClN2O7S/c1-19-3-14-25(15-4-19)42(39,40)41-24-12-8-21(9-13-24)28(35)18-33(29(36)22-6-10-23(32)11-7-22)34-30(37)26-16-5-20(2)17-27(26)31(34)38/h3-4,6-15,20,26-27H,5,16-18H2,1-2H3/t20-,26+,27+/m0/s1. The molecular formula is C31H29ClN2O7S. The number of amides is 3. The van der Waals surface area contributed by atoms with Crippen LogP contribution in [0.4, 0.5) is 0 Å². The summed E-state index contributed by atoms with van der Waals surface area (Å²) < 4.78 is 30.5. The largest absolute Gasteiger partial charge is 0.379 e. The van der Waals surface area contributed by atoms with Gasteiger partial charge in [0.2, 0.25) is 0 Å². The first-order valence-corrected chi connectivity index (χ1v) is 15.3. The second-order valence-electron chi connectivity index (χ2n) is 10.8. The van der Waals surface area contributed by atoms with Crippen LogP contribution in [0.1, 0.15) is 52.5 Å². The Kier molecular flexibility index (Phi) is 8.21. The van der Waals surface area contributed by atoms with Crippen molar-refractivity contribution < 1.29 is 31.8 Å². The van der Waals surface area contributed by atoms with Crippen molar-refractivity contribution in [3.8, 4) is 5.75 Å². The van der Waals surface area contributed by atoms with E-state index >= 15 is 0 Å². The van der Waals surface area contributed by atoms with Crippen LogP contribution in [0, 0.1) is 24.7 Å². The number of aryl methyl sites for hydroxylation is 1. The number of ketones is 1. The zero-order chi connectivity index (χ0) is 30.2. The van der Waals surface area contributed by atoms with Gasteiger partial charge in [0, 0.05) is 16.1 Å². The molecule has 0 bridgehead atoms. The van der Waals surface area contributed by atoms with Crippen molar-refractivity contribution in [3.05, 3.63) is 94.5 Å². The number of nitrogens with zero attached hydrogens (tertiary/aromatic N) is 2. The SMILES string of the molecule is Cc1ccc(S(=O)(=O)Oc2ccc(C(=O)CN(C(=O)c3ccc(Cl)cc3)N3C(=O)[C@@H]4CC[C@H](C)C[C@H]4C3=O)cc2)cc1. The molecule has 0 N–H and O–H groups in total. The number of benzene rings is 3. The molecule has 3 aromatic rings. The predicted molar refractivity (Wildman–Crippen MR) is 154 cm³/mol. The number of imide groups is 1. The summed E-state index contributed by atoms with van der Waals surface area (Å²) in [5.74, 6) is -3.05. The molecule has 11 heteroatoms. The predicted octanol–water partition coefficient (Wildman–Crippen LogP) is 5.08. The monoisotopic (exact) mass is 608 g/mol. The highest BCUT2D eigenvalue weighted by atomic mass is 35.5. The van der Waals surface area contributed by atoms with E-state index in [0.717, 1.165) is 22.0 Å². The third-order valence-corrected chi connectivity index (χ3v) is 9.23. The lowest BCUT2D eigenvalue weighted by Crippen LogP contribution is -2.52. The molecule has 1 heterocycles. The zero-order valence-corrected chi connectivity index (χ0v) is 24.6. The van der Waals surface area contributed by atoms with Crippen molar-refractivity contribution in [2.45, 2.75) is 38.0 Å². The van der Waals surface area contributed by atoms with Crippen LogP contribution in [0.25, 0.3) is 0 Å². The Morgan fingerprint density at radius 1 is 0.881 bits per heavy atom. The number of carbonyl (C=O) groups excluding carboxylic acids is 4. The molecule has 2 aliphatic rings. The van der Waals surface area contributed by atoms with E-state index in [4.69, 9.17) is 15.8 Å². The maximum atomic E-state index is 13.6. The number of carbonyl (C=O) groups is 4. The maximum absolute atomic E-state index is 13.6. The molecule has 3 aromatic carbocycles. The summed E-state index contributed by atoms with van der Waals surface area (Å²) in [6, 6.07) is 17.5. The molecule has 1 aliphatic heterocycles. The molecule has 3 amide bonds. The van der Waals surface area contributed by atoms with E-state index in [9.17, 15) is 27.6 Å². The topological polar surface area (TPSA) is 118 Å². The van der Waals surface area contributed by atoms with Gasteiger partial charge in [-0.3, -0.25) is 19.2 Å². The van der Waals surface area contributed by atoms with Crippen LogP contribution in [0.15, 0.2) is 77.7 Å². The Labute approximate surface area is 249 Å². The summed E-state index contributed by atoms with van der Waals surface area (Å²) in [5, 5.41) is 2.15. The molecule has 0 unspecified atom stereocenters. The van der Waals surface area contributed by atoms with Crippen LogP contribution < -0.4 is 4.18 Å². The van der Waals surface area contributed by atoms with Gasteiger partial charge in [-0.25, -0.2) is 5.01 Å². The van der Waals surface area contributed by atoms with Gasteiger partial charge in [-0.1, -0.05) is 36.2 Å². The fraction of sp³-hybridized carbons (Fsp3) is 0.290. The minimum Gasteiger partial charge on any atom is -0.379 e. The quantitative estimate of drug-likeness (QED) is 0.199. The second kappa shape index (κ2) is 11.7. The first kappa shape index (κ1) is 29.5. The van der Waals surface area contributed by atoms with Gasteiger partial charge in [0.25, 0.3) is 17.7 Å². The van der Waals surface area contributed by atoms with E-state index in [1.54, 1.807) is 12.1 Å². The van der Waals surface area contributed by atoms with Crippen LogP contribution in [-0.2, 0) is 19.7 Å². The smallest absolute Gasteiger partial charge is 0.339 e. The first-order valence-electron chi connectivity index (χ1n) is 13.5. The summed E-state index contributed by atoms with van der Waals surface area (Å²) in [7, 11) is -4.09. The lowest BCUT2D eigenvalue weighted by Gasteiger charge is -2.30. The van der Waals surface area contributed by atoms with Crippen LogP contribution >= 0.6 is 11.6 Å². The van der Waals surface area contributed by atoms with E-state index in [-0.39, 0.29) is 27.7 Å².